The number of pyridine rings is 1. The van der Waals surface area contributed by atoms with Crippen molar-refractivity contribution in [2.24, 2.45) is 0 Å². The molecule has 0 atom stereocenters. The van der Waals surface area contributed by atoms with Crippen LogP contribution in [0.4, 0.5) is 0 Å². The Morgan fingerprint density at radius 2 is 2.20 bits per heavy atom. The molecule has 0 spiro atoms. The molecule has 2 nitrogen and oxygen atoms in total. The first-order valence-electron chi connectivity index (χ1n) is 5.21. The predicted molar refractivity (Wildman–Crippen MR) is 66.1 cm³/mol. The number of rotatable bonds is 2. The van der Waals surface area contributed by atoms with E-state index in [4.69, 9.17) is 11.6 Å². The monoisotopic (exact) mass is 288 g/mol. The second-order valence-electron chi connectivity index (χ2n) is 3.88. The van der Waals surface area contributed by atoms with Gasteiger partial charge in [0.05, 0.1) is 5.69 Å². The molecule has 1 aliphatic rings. The van der Waals surface area contributed by atoms with Gasteiger partial charge in [-0.15, -0.1) is 11.6 Å². The summed E-state index contributed by atoms with van der Waals surface area (Å²) in [6, 6.07) is 3.98. The fraction of sp³-hybridized carbons (Fsp3) is 0.545. The number of nitrogens with zero attached hydrogens (tertiary/aromatic N) is 2. The molecule has 0 bridgehead atoms. The van der Waals surface area contributed by atoms with Gasteiger partial charge in [-0.25, -0.2) is 0 Å². The number of halogens is 2. The van der Waals surface area contributed by atoms with Crippen LogP contribution >= 0.6 is 27.5 Å². The highest BCUT2D eigenvalue weighted by Crippen LogP contribution is 2.20. The van der Waals surface area contributed by atoms with Crippen molar-refractivity contribution >= 4 is 27.5 Å². The fourth-order valence-corrected chi connectivity index (χ4v) is 2.38. The predicted octanol–water partition coefficient (Wildman–Crippen LogP) is 3.05. The first-order chi connectivity index (χ1) is 7.25. The number of likely N-dealkylation sites (tertiary alicyclic amines) is 1. The Morgan fingerprint density at radius 3 is 2.87 bits per heavy atom. The molecule has 0 saturated carbocycles. The molecule has 1 aliphatic heterocycles. The van der Waals surface area contributed by atoms with Crippen LogP contribution in [0.2, 0.25) is 0 Å². The Hall–Kier alpha value is -0.120. The first-order valence-corrected chi connectivity index (χ1v) is 6.44. The molecule has 2 rings (SSSR count). The van der Waals surface area contributed by atoms with Crippen molar-refractivity contribution in [2.75, 3.05) is 13.1 Å². The third-order valence-corrected chi connectivity index (χ3v) is 3.88. The summed E-state index contributed by atoms with van der Waals surface area (Å²) in [5.74, 6) is 0. The minimum Gasteiger partial charge on any atom is -0.297 e. The summed E-state index contributed by atoms with van der Waals surface area (Å²) in [4.78, 5) is 6.78. The Labute approximate surface area is 104 Å². The molecular weight excluding hydrogens is 275 g/mol. The highest BCUT2D eigenvalue weighted by molar-refractivity contribution is 9.10. The summed E-state index contributed by atoms with van der Waals surface area (Å²) in [6.07, 6.45) is 4.02. The van der Waals surface area contributed by atoms with Gasteiger partial charge in [0.25, 0.3) is 0 Å². The standard InChI is InChI=1S/C11H14BrClN2/c12-10-2-1-5-14-11(10)8-15-6-3-9(13)4-7-15/h1-2,5,9H,3-4,6-8H2. The van der Waals surface area contributed by atoms with Crippen molar-refractivity contribution in [3.05, 3.63) is 28.5 Å². The van der Waals surface area contributed by atoms with Crippen LogP contribution in [0, 0.1) is 0 Å². The van der Waals surface area contributed by atoms with Gasteiger partial charge in [0.15, 0.2) is 0 Å². The van der Waals surface area contributed by atoms with Crippen LogP contribution in [-0.2, 0) is 6.54 Å². The summed E-state index contributed by atoms with van der Waals surface area (Å²) in [5, 5.41) is 0.369. The zero-order valence-corrected chi connectivity index (χ0v) is 10.8. The van der Waals surface area contributed by atoms with Gasteiger partial charge in [-0.2, -0.15) is 0 Å². The molecule has 0 amide bonds. The van der Waals surface area contributed by atoms with E-state index in [2.05, 4.69) is 25.8 Å². The summed E-state index contributed by atoms with van der Waals surface area (Å²) in [7, 11) is 0. The summed E-state index contributed by atoms with van der Waals surface area (Å²) in [6.45, 7) is 3.08. The zero-order valence-electron chi connectivity index (χ0n) is 8.50. The zero-order chi connectivity index (χ0) is 10.7. The van der Waals surface area contributed by atoms with E-state index < -0.39 is 0 Å². The fourth-order valence-electron chi connectivity index (χ4n) is 1.81. The maximum absolute atomic E-state index is 6.06. The number of hydrogen-bond acceptors (Lipinski definition) is 2. The lowest BCUT2D eigenvalue weighted by Gasteiger charge is -2.28. The van der Waals surface area contributed by atoms with E-state index in [-0.39, 0.29) is 0 Å². The molecule has 1 fully saturated rings. The van der Waals surface area contributed by atoms with Crippen molar-refractivity contribution in [3.63, 3.8) is 0 Å². The second-order valence-corrected chi connectivity index (χ2v) is 5.35. The molecule has 0 N–H and O–H groups in total. The van der Waals surface area contributed by atoms with E-state index in [0.29, 0.717) is 5.38 Å². The molecule has 0 radical (unpaired) electrons. The van der Waals surface area contributed by atoms with Crippen LogP contribution in [0.15, 0.2) is 22.8 Å². The minimum atomic E-state index is 0.369. The number of aromatic nitrogens is 1. The quantitative estimate of drug-likeness (QED) is 0.778. The molecule has 0 aromatic carbocycles. The van der Waals surface area contributed by atoms with E-state index in [9.17, 15) is 0 Å². The number of alkyl halides is 1. The van der Waals surface area contributed by atoms with Crippen molar-refractivity contribution < 1.29 is 0 Å². The second kappa shape index (κ2) is 5.28. The average molecular weight is 290 g/mol. The number of hydrogen-bond donors (Lipinski definition) is 0. The van der Waals surface area contributed by atoms with Crippen LogP contribution in [0.1, 0.15) is 18.5 Å². The van der Waals surface area contributed by atoms with E-state index in [1.807, 2.05) is 18.3 Å². The molecule has 1 saturated heterocycles. The molecule has 4 heteroatoms. The van der Waals surface area contributed by atoms with E-state index >= 15 is 0 Å². The summed E-state index contributed by atoms with van der Waals surface area (Å²) in [5.41, 5.74) is 1.12. The lowest BCUT2D eigenvalue weighted by molar-refractivity contribution is 0.220. The van der Waals surface area contributed by atoms with Crippen LogP contribution in [0.5, 0.6) is 0 Å². The van der Waals surface area contributed by atoms with Crippen molar-refractivity contribution in [3.8, 4) is 0 Å². The Morgan fingerprint density at radius 1 is 1.47 bits per heavy atom. The Bertz CT molecular complexity index is 324. The Kier molecular flexibility index (Phi) is 4.00. The third kappa shape index (κ3) is 3.16. The molecular formula is C11H14BrClN2. The van der Waals surface area contributed by atoms with Gasteiger partial charge in [-0.3, -0.25) is 9.88 Å². The lowest BCUT2D eigenvalue weighted by atomic mass is 10.1. The Balaban J connectivity index is 1.95. The summed E-state index contributed by atoms with van der Waals surface area (Å²) < 4.78 is 1.10. The van der Waals surface area contributed by atoms with Crippen molar-refractivity contribution in [1.29, 1.82) is 0 Å². The molecule has 0 aliphatic carbocycles. The molecule has 2 heterocycles. The maximum atomic E-state index is 6.06. The van der Waals surface area contributed by atoms with Crippen molar-refractivity contribution in [1.82, 2.24) is 9.88 Å². The molecule has 0 unspecified atom stereocenters. The van der Waals surface area contributed by atoms with Gasteiger partial charge in [0, 0.05) is 22.6 Å². The van der Waals surface area contributed by atoms with E-state index in [1.54, 1.807) is 0 Å². The third-order valence-electron chi connectivity index (χ3n) is 2.73. The van der Waals surface area contributed by atoms with Gasteiger partial charge >= 0.3 is 0 Å². The highest BCUT2D eigenvalue weighted by Gasteiger charge is 2.17. The smallest absolute Gasteiger partial charge is 0.0685 e. The largest absolute Gasteiger partial charge is 0.297 e. The van der Waals surface area contributed by atoms with Crippen LogP contribution in [0.3, 0.4) is 0 Å². The van der Waals surface area contributed by atoms with Crippen LogP contribution < -0.4 is 0 Å². The lowest BCUT2D eigenvalue weighted by Crippen LogP contribution is -2.33. The molecule has 82 valence electrons. The van der Waals surface area contributed by atoms with Gasteiger partial charge in [0.1, 0.15) is 0 Å². The molecule has 1 aromatic rings. The van der Waals surface area contributed by atoms with Crippen LogP contribution in [0.25, 0.3) is 0 Å². The SMILES string of the molecule is ClC1CCN(Cc2ncccc2Br)CC1. The number of piperidine rings is 1. The topological polar surface area (TPSA) is 16.1 Å². The normalized spacial score (nSPS) is 19.3. The maximum Gasteiger partial charge on any atom is 0.0685 e. The summed E-state index contributed by atoms with van der Waals surface area (Å²) >= 11 is 9.58. The highest BCUT2D eigenvalue weighted by atomic mass is 79.9. The van der Waals surface area contributed by atoms with Crippen LogP contribution in [-0.4, -0.2) is 28.4 Å². The van der Waals surface area contributed by atoms with Crippen molar-refractivity contribution in [2.45, 2.75) is 24.8 Å². The van der Waals surface area contributed by atoms with E-state index in [0.717, 1.165) is 42.6 Å². The average Bonchev–Trinajstić information content (AvgIpc) is 2.25. The van der Waals surface area contributed by atoms with Gasteiger partial charge in [-0.1, -0.05) is 0 Å². The van der Waals surface area contributed by atoms with E-state index in [1.165, 1.54) is 0 Å². The molecule has 1 aromatic heterocycles. The minimum absolute atomic E-state index is 0.369. The van der Waals surface area contributed by atoms with Gasteiger partial charge < -0.3 is 0 Å². The first kappa shape index (κ1) is 11.4. The molecule has 15 heavy (non-hydrogen) atoms. The van der Waals surface area contributed by atoms with Gasteiger partial charge in [0.2, 0.25) is 0 Å². The van der Waals surface area contributed by atoms with Gasteiger partial charge in [-0.05, 0) is 54.0 Å².